The van der Waals surface area contributed by atoms with Crippen LogP contribution in [0.4, 0.5) is 5.95 Å². The number of nitrogens with one attached hydrogen (secondary N) is 2. The molecule has 1 saturated heterocycles. The van der Waals surface area contributed by atoms with Gasteiger partial charge in [0.15, 0.2) is 0 Å². The number of carbonyl (C=O) groups excluding carboxylic acids is 1. The third-order valence-electron chi connectivity index (χ3n) is 2.48. The third kappa shape index (κ3) is 2.88. The van der Waals surface area contributed by atoms with Crippen LogP contribution in [0.5, 0.6) is 0 Å². The zero-order valence-electron chi connectivity index (χ0n) is 8.90. The van der Waals surface area contributed by atoms with E-state index in [-0.39, 0.29) is 17.7 Å². The van der Waals surface area contributed by atoms with Gasteiger partial charge in [-0.15, -0.1) is 5.10 Å². The molecule has 1 aromatic heterocycles. The molecule has 2 rings (SSSR count). The number of aromatic amines is 1. The highest BCUT2D eigenvalue weighted by Gasteiger charge is 2.16. The standard InChI is InChI=1S/C9H15N5OS/c10-9-12-7(13-14-9)8(15)11-5-6-3-1-2-4-16-6/h6H,1-5H2,(H,11,15)(H3,10,12,13,14). The molecule has 2 heterocycles. The molecule has 0 aliphatic carbocycles. The molecule has 0 spiro atoms. The lowest BCUT2D eigenvalue weighted by Gasteiger charge is -2.20. The number of H-pyrrole nitrogens is 1. The van der Waals surface area contributed by atoms with Crippen LogP contribution in [0.3, 0.4) is 0 Å². The normalized spacial score (nSPS) is 20.6. The average Bonchev–Trinajstić information content (AvgIpc) is 2.74. The van der Waals surface area contributed by atoms with Crippen LogP contribution in [0.1, 0.15) is 29.9 Å². The molecule has 0 bridgehead atoms. The highest BCUT2D eigenvalue weighted by atomic mass is 32.2. The van der Waals surface area contributed by atoms with Crippen LogP contribution in [0.25, 0.3) is 0 Å². The summed E-state index contributed by atoms with van der Waals surface area (Å²) in [7, 11) is 0. The van der Waals surface area contributed by atoms with E-state index in [1.165, 1.54) is 25.0 Å². The minimum atomic E-state index is -0.240. The Balaban J connectivity index is 1.79. The molecule has 0 saturated carbocycles. The SMILES string of the molecule is Nc1n[nH]c(C(=O)NCC2CCCCS2)n1. The van der Waals surface area contributed by atoms with Gasteiger partial charge in [-0.2, -0.15) is 16.7 Å². The Morgan fingerprint density at radius 2 is 2.50 bits per heavy atom. The molecule has 1 atom stereocenters. The van der Waals surface area contributed by atoms with E-state index in [0.29, 0.717) is 11.8 Å². The van der Waals surface area contributed by atoms with E-state index < -0.39 is 0 Å². The molecule has 6 nitrogen and oxygen atoms in total. The molecule has 0 aromatic carbocycles. The lowest BCUT2D eigenvalue weighted by Crippen LogP contribution is -2.32. The second-order valence-corrected chi connectivity index (χ2v) is 5.15. The first-order valence-electron chi connectivity index (χ1n) is 5.33. The number of carbonyl (C=O) groups is 1. The van der Waals surface area contributed by atoms with Crippen molar-refractivity contribution in [2.75, 3.05) is 18.0 Å². The number of anilines is 1. The van der Waals surface area contributed by atoms with Crippen molar-refractivity contribution in [2.45, 2.75) is 24.5 Å². The topological polar surface area (TPSA) is 96.7 Å². The quantitative estimate of drug-likeness (QED) is 0.712. The number of thioether (sulfide) groups is 1. The van der Waals surface area contributed by atoms with Gasteiger partial charge in [0.25, 0.3) is 5.91 Å². The van der Waals surface area contributed by atoms with Crippen molar-refractivity contribution in [3.63, 3.8) is 0 Å². The van der Waals surface area contributed by atoms with Gasteiger partial charge >= 0.3 is 0 Å². The summed E-state index contributed by atoms with van der Waals surface area (Å²) in [6.45, 7) is 0.685. The molecule has 16 heavy (non-hydrogen) atoms. The molecule has 1 aliphatic rings. The largest absolute Gasteiger partial charge is 0.366 e. The number of amides is 1. The summed E-state index contributed by atoms with van der Waals surface area (Å²) < 4.78 is 0. The summed E-state index contributed by atoms with van der Waals surface area (Å²) in [6, 6.07) is 0. The Morgan fingerprint density at radius 3 is 3.12 bits per heavy atom. The van der Waals surface area contributed by atoms with E-state index in [9.17, 15) is 4.79 Å². The summed E-state index contributed by atoms with van der Waals surface area (Å²) in [5, 5.41) is 9.45. The van der Waals surface area contributed by atoms with E-state index in [1.807, 2.05) is 11.8 Å². The molecule has 4 N–H and O–H groups in total. The molecule has 1 unspecified atom stereocenters. The fourth-order valence-electron chi connectivity index (χ4n) is 1.63. The monoisotopic (exact) mass is 241 g/mol. The summed E-state index contributed by atoms with van der Waals surface area (Å²) in [5.41, 5.74) is 5.32. The van der Waals surface area contributed by atoms with Gasteiger partial charge in [-0.05, 0) is 18.6 Å². The van der Waals surface area contributed by atoms with Crippen LogP contribution in [0.15, 0.2) is 0 Å². The number of rotatable bonds is 3. The van der Waals surface area contributed by atoms with Crippen molar-refractivity contribution in [3.8, 4) is 0 Å². The first kappa shape index (κ1) is 11.3. The number of nitrogens with two attached hydrogens (primary N) is 1. The molecular weight excluding hydrogens is 226 g/mol. The summed E-state index contributed by atoms with van der Waals surface area (Å²) in [6.07, 6.45) is 3.71. The summed E-state index contributed by atoms with van der Waals surface area (Å²) >= 11 is 1.92. The maximum atomic E-state index is 11.6. The fraction of sp³-hybridized carbons (Fsp3) is 0.667. The van der Waals surface area contributed by atoms with E-state index >= 15 is 0 Å². The van der Waals surface area contributed by atoms with Crippen molar-refractivity contribution in [1.29, 1.82) is 0 Å². The number of nitrogen functional groups attached to an aromatic ring is 1. The molecule has 1 fully saturated rings. The second-order valence-electron chi connectivity index (χ2n) is 3.74. The maximum Gasteiger partial charge on any atom is 0.288 e. The van der Waals surface area contributed by atoms with Gasteiger partial charge in [-0.1, -0.05) is 6.42 Å². The van der Waals surface area contributed by atoms with Crippen molar-refractivity contribution in [1.82, 2.24) is 20.5 Å². The van der Waals surface area contributed by atoms with Gasteiger partial charge in [-0.25, -0.2) is 0 Å². The van der Waals surface area contributed by atoms with Crippen molar-refractivity contribution < 1.29 is 4.79 Å². The minimum Gasteiger partial charge on any atom is -0.366 e. The highest BCUT2D eigenvalue weighted by Crippen LogP contribution is 2.24. The van der Waals surface area contributed by atoms with Gasteiger partial charge in [0.05, 0.1) is 0 Å². The first-order chi connectivity index (χ1) is 7.75. The molecule has 88 valence electrons. The number of hydrogen-bond acceptors (Lipinski definition) is 5. The van der Waals surface area contributed by atoms with Crippen LogP contribution < -0.4 is 11.1 Å². The second kappa shape index (κ2) is 5.20. The van der Waals surface area contributed by atoms with E-state index in [4.69, 9.17) is 5.73 Å². The number of nitrogens with zero attached hydrogens (tertiary/aromatic N) is 2. The Labute approximate surface area is 97.8 Å². The Kier molecular flexibility index (Phi) is 3.66. The summed E-state index contributed by atoms with van der Waals surface area (Å²) in [4.78, 5) is 15.4. The van der Waals surface area contributed by atoms with Gasteiger partial charge in [-0.3, -0.25) is 9.89 Å². The van der Waals surface area contributed by atoms with Crippen molar-refractivity contribution in [3.05, 3.63) is 5.82 Å². The molecule has 1 aromatic rings. The molecular formula is C9H15N5OS. The number of aromatic nitrogens is 3. The van der Waals surface area contributed by atoms with Crippen molar-refractivity contribution >= 4 is 23.6 Å². The Bertz CT molecular complexity index is 361. The molecule has 1 aliphatic heterocycles. The van der Waals surface area contributed by atoms with Gasteiger partial charge < -0.3 is 11.1 Å². The van der Waals surface area contributed by atoms with Crippen molar-refractivity contribution in [2.24, 2.45) is 0 Å². The number of hydrogen-bond donors (Lipinski definition) is 3. The van der Waals surface area contributed by atoms with E-state index in [2.05, 4.69) is 20.5 Å². The Morgan fingerprint density at radius 1 is 1.62 bits per heavy atom. The molecule has 0 radical (unpaired) electrons. The first-order valence-corrected chi connectivity index (χ1v) is 6.38. The predicted molar refractivity (Wildman–Crippen MR) is 63.2 cm³/mol. The predicted octanol–water partition coefficient (Wildman–Crippen LogP) is 0.402. The average molecular weight is 241 g/mol. The van der Waals surface area contributed by atoms with Gasteiger partial charge in [0, 0.05) is 11.8 Å². The van der Waals surface area contributed by atoms with Crippen LogP contribution in [-0.2, 0) is 0 Å². The van der Waals surface area contributed by atoms with Crippen LogP contribution in [-0.4, -0.2) is 38.6 Å². The lowest BCUT2D eigenvalue weighted by molar-refractivity contribution is 0.0943. The fourth-order valence-corrected chi connectivity index (χ4v) is 2.87. The smallest absolute Gasteiger partial charge is 0.288 e. The van der Waals surface area contributed by atoms with Crippen LogP contribution in [0.2, 0.25) is 0 Å². The van der Waals surface area contributed by atoms with E-state index in [1.54, 1.807) is 0 Å². The summed E-state index contributed by atoms with van der Waals surface area (Å²) in [5.74, 6) is 1.22. The molecule has 7 heteroatoms. The lowest BCUT2D eigenvalue weighted by atomic mass is 10.2. The van der Waals surface area contributed by atoms with Crippen LogP contribution in [0, 0.1) is 0 Å². The Hall–Kier alpha value is -1.24. The third-order valence-corrected chi connectivity index (χ3v) is 3.88. The zero-order valence-corrected chi connectivity index (χ0v) is 9.72. The van der Waals surface area contributed by atoms with Crippen LogP contribution >= 0.6 is 11.8 Å². The zero-order chi connectivity index (χ0) is 11.4. The minimum absolute atomic E-state index is 0.0946. The van der Waals surface area contributed by atoms with Gasteiger partial charge in [0.2, 0.25) is 11.8 Å². The molecule has 1 amide bonds. The maximum absolute atomic E-state index is 11.6. The highest BCUT2D eigenvalue weighted by molar-refractivity contribution is 7.99. The van der Waals surface area contributed by atoms with E-state index in [0.717, 1.165) is 0 Å². The van der Waals surface area contributed by atoms with Gasteiger partial charge in [0.1, 0.15) is 0 Å².